The molecule has 0 atom stereocenters. The number of rotatable bonds is 6. The van der Waals surface area contributed by atoms with Gasteiger partial charge in [-0.1, -0.05) is 24.3 Å². The highest BCUT2D eigenvalue weighted by atomic mass is 32.1. The molecule has 3 heterocycles. The summed E-state index contributed by atoms with van der Waals surface area (Å²) in [6.45, 7) is 8.70. The van der Waals surface area contributed by atoms with Gasteiger partial charge in [0, 0.05) is 31.9 Å². The summed E-state index contributed by atoms with van der Waals surface area (Å²) in [4.78, 5) is 34.8. The largest absolute Gasteiger partial charge is 0.440 e. The van der Waals surface area contributed by atoms with Crippen molar-refractivity contribution in [1.29, 1.82) is 0 Å². The zero-order valence-electron chi connectivity index (χ0n) is 18.7. The zero-order chi connectivity index (χ0) is 22.7. The predicted octanol–water partition coefficient (Wildman–Crippen LogP) is 3.65. The van der Waals surface area contributed by atoms with Gasteiger partial charge < -0.3 is 14.6 Å². The topological polar surface area (TPSA) is 78.7 Å². The molecule has 1 aliphatic rings. The Morgan fingerprint density at radius 1 is 1.06 bits per heavy atom. The van der Waals surface area contributed by atoms with Crippen molar-refractivity contribution >= 4 is 28.8 Å². The summed E-state index contributed by atoms with van der Waals surface area (Å²) >= 11 is 1.56. The Morgan fingerprint density at radius 2 is 1.78 bits per heavy atom. The number of piperazine rings is 1. The Balaban J connectivity index is 1.27. The average Bonchev–Trinajstić information content (AvgIpc) is 3.42. The standard InChI is InChI=1S/C24H28N4O3S/c1-16-6-4-7-17(2)23(16)26-21(29)15-27-9-11-28(12-10-27)22(30)14-19-18(3)31-24(25-19)20-8-5-13-32-20/h4-8,13H,9-12,14-15H2,1-3H3,(H,26,29). The van der Waals surface area contributed by atoms with Gasteiger partial charge in [0.2, 0.25) is 17.7 Å². The third-order valence-corrected chi connectivity index (χ3v) is 6.64. The number of nitrogens with zero attached hydrogens (tertiary/aromatic N) is 3. The predicted molar refractivity (Wildman–Crippen MR) is 126 cm³/mol. The molecule has 0 unspecified atom stereocenters. The molecule has 0 spiro atoms. The normalized spacial score (nSPS) is 14.5. The maximum absolute atomic E-state index is 12.8. The van der Waals surface area contributed by atoms with Crippen LogP contribution in [0.1, 0.15) is 22.6 Å². The number of anilines is 1. The lowest BCUT2D eigenvalue weighted by molar-refractivity contribution is -0.132. The fourth-order valence-electron chi connectivity index (χ4n) is 3.90. The first-order valence-electron chi connectivity index (χ1n) is 10.8. The number of benzene rings is 1. The van der Waals surface area contributed by atoms with Crippen LogP contribution in [-0.2, 0) is 16.0 Å². The number of thiophene rings is 1. The number of amides is 2. The lowest BCUT2D eigenvalue weighted by atomic mass is 10.1. The maximum atomic E-state index is 12.8. The SMILES string of the molecule is Cc1cccc(C)c1NC(=O)CN1CCN(C(=O)Cc2nc(-c3cccs3)oc2C)CC1. The van der Waals surface area contributed by atoms with E-state index in [9.17, 15) is 9.59 Å². The Kier molecular flexibility index (Phi) is 6.72. The molecule has 1 saturated heterocycles. The quantitative estimate of drug-likeness (QED) is 0.618. The van der Waals surface area contributed by atoms with Crippen LogP contribution in [0, 0.1) is 20.8 Å². The highest BCUT2D eigenvalue weighted by molar-refractivity contribution is 7.13. The fourth-order valence-corrected chi connectivity index (χ4v) is 4.55. The van der Waals surface area contributed by atoms with E-state index in [1.165, 1.54) is 0 Å². The van der Waals surface area contributed by atoms with Gasteiger partial charge >= 0.3 is 0 Å². The van der Waals surface area contributed by atoms with Gasteiger partial charge in [-0.15, -0.1) is 11.3 Å². The smallest absolute Gasteiger partial charge is 0.238 e. The number of nitrogens with one attached hydrogen (secondary N) is 1. The summed E-state index contributed by atoms with van der Waals surface area (Å²) in [6.07, 6.45) is 0.230. The van der Waals surface area contributed by atoms with Gasteiger partial charge in [-0.25, -0.2) is 4.98 Å². The second-order valence-electron chi connectivity index (χ2n) is 8.15. The molecular weight excluding hydrogens is 424 g/mol. The Labute approximate surface area is 192 Å². The highest BCUT2D eigenvalue weighted by Gasteiger charge is 2.24. The number of para-hydroxylation sites is 1. The minimum absolute atomic E-state index is 0.0264. The van der Waals surface area contributed by atoms with E-state index in [-0.39, 0.29) is 18.2 Å². The van der Waals surface area contributed by atoms with Crippen LogP contribution < -0.4 is 5.32 Å². The van der Waals surface area contributed by atoms with Gasteiger partial charge in [0.1, 0.15) is 5.76 Å². The van der Waals surface area contributed by atoms with Crippen molar-refractivity contribution in [2.75, 3.05) is 38.0 Å². The number of carbonyl (C=O) groups excluding carboxylic acids is 2. The number of aryl methyl sites for hydroxylation is 3. The van der Waals surface area contributed by atoms with Gasteiger partial charge in [-0.2, -0.15) is 0 Å². The molecule has 168 valence electrons. The summed E-state index contributed by atoms with van der Waals surface area (Å²) < 4.78 is 5.75. The number of oxazole rings is 1. The van der Waals surface area contributed by atoms with Crippen molar-refractivity contribution in [3.05, 3.63) is 58.3 Å². The minimum Gasteiger partial charge on any atom is -0.440 e. The summed E-state index contributed by atoms with van der Waals surface area (Å²) in [7, 11) is 0. The van der Waals surface area contributed by atoms with Gasteiger partial charge in [0.15, 0.2) is 0 Å². The number of carbonyl (C=O) groups is 2. The number of aromatic nitrogens is 1. The Morgan fingerprint density at radius 3 is 2.44 bits per heavy atom. The first-order chi connectivity index (χ1) is 15.4. The van der Waals surface area contributed by atoms with Crippen LogP contribution in [0.3, 0.4) is 0 Å². The van der Waals surface area contributed by atoms with Crippen LogP contribution in [0.25, 0.3) is 10.8 Å². The molecule has 1 aliphatic heterocycles. The van der Waals surface area contributed by atoms with Crippen molar-refractivity contribution in [2.24, 2.45) is 0 Å². The van der Waals surface area contributed by atoms with Crippen molar-refractivity contribution in [1.82, 2.24) is 14.8 Å². The molecule has 7 nitrogen and oxygen atoms in total. The Bertz CT molecular complexity index is 1080. The molecule has 0 bridgehead atoms. The lowest BCUT2D eigenvalue weighted by Gasteiger charge is -2.34. The van der Waals surface area contributed by atoms with E-state index in [0.29, 0.717) is 50.1 Å². The van der Waals surface area contributed by atoms with E-state index >= 15 is 0 Å². The van der Waals surface area contributed by atoms with Crippen LogP contribution in [0.5, 0.6) is 0 Å². The number of hydrogen-bond acceptors (Lipinski definition) is 6. The molecule has 0 aliphatic carbocycles. The maximum Gasteiger partial charge on any atom is 0.238 e. The highest BCUT2D eigenvalue weighted by Crippen LogP contribution is 2.26. The monoisotopic (exact) mass is 452 g/mol. The van der Waals surface area contributed by atoms with Crippen LogP contribution in [-0.4, -0.2) is 59.3 Å². The number of hydrogen-bond donors (Lipinski definition) is 1. The second kappa shape index (κ2) is 9.67. The summed E-state index contributed by atoms with van der Waals surface area (Å²) in [5.74, 6) is 1.27. The van der Waals surface area contributed by atoms with Crippen molar-refractivity contribution < 1.29 is 14.0 Å². The summed E-state index contributed by atoms with van der Waals surface area (Å²) in [5.41, 5.74) is 3.68. The first kappa shape index (κ1) is 22.2. The van der Waals surface area contributed by atoms with Crippen LogP contribution >= 0.6 is 11.3 Å². The molecule has 1 N–H and O–H groups in total. The molecule has 4 rings (SSSR count). The minimum atomic E-state index is -0.0264. The van der Waals surface area contributed by atoms with E-state index in [0.717, 1.165) is 21.7 Å². The van der Waals surface area contributed by atoms with Gasteiger partial charge in [-0.3, -0.25) is 14.5 Å². The van der Waals surface area contributed by atoms with Crippen molar-refractivity contribution in [3.63, 3.8) is 0 Å². The molecule has 0 saturated carbocycles. The average molecular weight is 453 g/mol. The van der Waals surface area contributed by atoms with Crippen molar-refractivity contribution in [2.45, 2.75) is 27.2 Å². The second-order valence-corrected chi connectivity index (χ2v) is 9.10. The van der Waals surface area contributed by atoms with E-state index < -0.39 is 0 Å². The zero-order valence-corrected chi connectivity index (χ0v) is 19.5. The molecule has 8 heteroatoms. The van der Waals surface area contributed by atoms with Crippen LogP contribution in [0.2, 0.25) is 0 Å². The Hall–Kier alpha value is -2.97. The van der Waals surface area contributed by atoms with Crippen molar-refractivity contribution in [3.8, 4) is 10.8 Å². The first-order valence-corrected chi connectivity index (χ1v) is 11.6. The van der Waals surface area contributed by atoms with E-state index in [1.807, 2.05) is 61.4 Å². The van der Waals surface area contributed by atoms with Gasteiger partial charge in [-0.05, 0) is 43.3 Å². The van der Waals surface area contributed by atoms with E-state index in [4.69, 9.17) is 4.42 Å². The molecule has 32 heavy (non-hydrogen) atoms. The van der Waals surface area contributed by atoms with Gasteiger partial charge in [0.25, 0.3) is 0 Å². The third-order valence-electron chi connectivity index (χ3n) is 5.78. The molecule has 0 radical (unpaired) electrons. The molecule has 3 aromatic rings. The molecule has 1 fully saturated rings. The molecule has 2 aromatic heterocycles. The summed E-state index contributed by atoms with van der Waals surface area (Å²) in [6, 6.07) is 9.88. The third kappa shape index (κ3) is 5.08. The summed E-state index contributed by atoms with van der Waals surface area (Å²) in [5, 5.41) is 5.01. The van der Waals surface area contributed by atoms with Gasteiger partial charge in [0.05, 0.1) is 23.5 Å². The molecule has 1 aromatic carbocycles. The molecular formula is C24H28N4O3S. The molecule has 2 amide bonds. The van der Waals surface area contributed by atoms with E-state index in [2.05, 4.69) is 15.2 Å². The fraction of sp³-hybridized carbons (Fsp3) is 0.375. The lowest BCUT2D eigenvalue weighted by Crippen LogP contribution is -2.50. The van der Waals surface area contributed by atoms with Crippen LogP contribution in [0.4, 0.5) is 5.69 Å². The van der Waals surface area contributed by atoms with E-state index in [1.54, 1.807) is 11.3 Å². The van der Waals surface area contributed by atoms with Crippen LogP contribution in [0.15, 0.2) is 40.1 Å².